The lowest BCUT2D eigenvalue weighted by Gasteiger charge is -2.26. The van der Waals surface area contributed by atoms with Crippen molar-refractivity contribution in [3.05, 3.63) is 47.8 Å². The molecule has 1 aliphatic carbocycles. The van der Waals surface area contributed by atoms with Gasteiger partial charge in [-0.1, -0.05) is 30.3 Å². The molecule has 1 saturated carbocycles. The quantitative estimate of drug-likeness (QED) is 0.511. The molecule has 1 aromatic carbocycles. The molecule has 1 atom stereocenters. The second-order valence-corrected chi connectivity index (χ2v) is 10.4. The highest BCUT2D eigenvalue weighted by Crippen LogP contribution is 2.32. The second kappa shape index (κ2) is 10.1. The SMILES string of the molecule is COCCn1c(CN(C[C@H]2CCCO2)C(=O)C2CC2)cnc1S(=O)(=O)Cc1ccccc1. The van der Waals surface area contributed by atoms with E-state index in [0.717, 1.165) is 32.3 Å². The summed E-state index contributed by atoms with van der Waals surface area (Å²) in [5.74, 6) is 0.0690. The number of benzene rings is 1. The third-order valence-electron chi connectivity index (χ3n) is 5.94. The van der Waals surface area contributed by atoms with Crippen molar-refractivity contribution in [3.8, 4) is 0 Å². The molecule has 4 rings (SSSR count). The third-order valence-corrected chi connectivity index (χ3v) is 7.53. The lowest BCUT2D eigenvalue weighted by atomic mass is 10.2. The first-order valence-electron chi connectivity index (χ1n) is 11.2. The molecule has 2 aromatic rings. The minimum absolute atomic E-state index is 0.0179. The first kappa shape index (κ1) is 22.9. The van der Waals surface area contributed by atoms with Gasteiger partial charge in [0.15, 0.2) is 0 Å². The van der Waals surface area contributed by atoms with Crippen LogP contribution in [-0.2, 0) is 42.9 Å². The monoisotopic (exact) mass is 461 g/mol. The highest BCUT2D eigenvalue weighted by Gasteiger charge is 2.35. The van der Waals surface area contributed by atoms with Crippen LogP contribution in [0.4, 0.5) is 0 Å². The van der Waals surface area contributed by atoms with Gasteiger partial charge in [0.1, 0.15) is 0 Å². The van der Waals surface area contributed by atoms with Crippen molar-refractivity contribution in [2.75, 3.05) is 26.9 Å². The van der Waals surface area contributed by atoms with Gasteiger partial charge >= 0.3 is 0 Å². The number of ether oxygens (including phenoxy) is 2. The van der Waals surface area contributed by atoms with Gasteiger partial charge in [-0.05, 0) is 31.2 Å². The number of hydrogen-bond donors (Lipinski definition) is 0. The second-order valence-electron chi connectivity index (χ2n) is 8.55. The van der Waals surface area contributed by atoms with Crippen molar-refractivity contribution in [3.63, 3.8) is 0 Å². The third kappa shape index (κ3) is 5.57. The zero-order chi connectivity index (χ0) is 22.6. The molecule has 0 bridgehead atoms. The Labute approximate surface area is 189 Å². The van der Waals surface area contributed by atoms with Crippen LogP contribution in [-0.4, -0.2) is 61.7 Å². The molecular weight excluding hydrogens is 430 g/mol. The molecule has 2 heterocycles. The van der Waals surface area contributed by atoms with Gasteiger partial charge in [0, 0.05) is 32.7 Å². The summed E-state index contributed by atoms with van der Waals surface area (Å²) >= 11 is 0. The lowest BCUT2D eigenvalue weighted by Crippen LogP contribution is -2.38. The molecule has 0 unspecified atom stereocenters. The number of sulfone groups is 1. The Morgan fingerprint density at radius 3 is 2.69 bits per heavy atom. The summed E-state index contributed by atoms with van der Waals surface area (Å²) in [6, 6.07) is 9.07. The number of nitrogens with zero attached hydrogens (tertiary/aromatic N) is 3. The number of aromatic nitrogens is 2. The molecule has 1 amide bonds. The molecule has 0 spiro atoms. The van der Waals surface area contributed by atoms with Crippen LogP contribution in [0.15, 0.2) is 41.7 Å². The molecule has 2 fully saturated rings. The maximum atomic E-state index is 13.2. The van der Waals surface area contributed by atoms with E-state index in [9.17, 15) is 13.2 Å². The molecule has 9 heteroatoms. The van der Waals surface area contributed by atoms with Gasteiger partial charge in [0.05, 0.1) is 36.9 Å². The van der Waals surface area contributed by atoms with Gasteiger partial charge in [0.2, 0.25) is 20.9 Å². The number of carbonyl (C=O) groups excluding carboxylic acids is 1. The van der Waals surface area contributed by atoms with Gasteiger partial charge in [0.25, 0.3) is 0 Å². The number of methoxy groups -OCH3 is 1. The average Bonchev–Trinajstić information content (AvgIpc) is 3.35. The van der Waals surface area contributed by atoms with Crippen molar-refractivity contribution in [1.82, 2.24) is 14.5 Å². The summed E-state index contributed by atoms with van der Waals surface area (Å²) in [7, 11) is -2.09. The minimum Gasteiger partial charge on any atom is -0.383 e. The van der Waals surface area contributed by atoms with Crippen molar-refractivity contribution in [2.45, 2.75) is 55.8 Å². The van der Waals surface area contributed by atoms with E-state index in [2.05, 4.69) is 4.98 Å². The van der Waals surface area contributed by atoms with E-state index < -0.39 is 9.84 Å². The fourth-order valence-corrected chi connectivity index (χ4v) is 5.61. The van der Waals surface area contributed by atoms with Crippen molar-refractivity contribution in [1.29, 1.82) is 0 Å². The predicted molar refractivity (Wildman–Crippen MR) is 119 cm³/mol. The van der Waals surface area contributed by atoms with Crippen LogP contribution < -0.4 is 0 Å². The summed E-state index contributed by atoms with van der Waals surface area (Å²) in [5, 5.41) is 0.0179. The maximum Gasteiger partial charge on any atom is 0.228 e. The average molecular weight is 462 g/mol. The van der Waals surface area contributed by atoms with E-state index in [-0.39, 0.29) is 28.8 Å². The van der Waals surface area contributed by atoms with Crippen LogP contribution in [0, 0.1) is 5.92 Å². The molecule has 2 aliphatic rings. The van der Waals surface area contributed by atoms with Crippen molar-refractivity contribution in [2.24, 2.45) is 5.92 Å². The normalized spacial score (nSPS) is 18.7. The molecule has 0 N–H and O–H groups in total. The van der Waals surface area contributed by atoms with Gasteiger partial charge in [-0.2, -0.15) is 0 Å². The number of carbonyl (C=O) groups is 1. The van der Waals surface area contributed by atoms with Crippen molar-refractivity contribution >= 4 is 15.7 Å². The highest BCUT2D eigenvalue weighted by molar-refractivity contribution is 7.90. The van der Waals surface area contributed by atoms with Crippen LogP contribution in [0.5, 0.6) is 0 Å². The zero-order valence-electron chi connectivity index (χ0n) is 18.5. The molecule has 174 valence electrons. The van der Waals surface area contributed by atoms with E-state index >= 15 is 0 Å². The van der Waals surface area contributed by atoms with Gasteiger partial charge < -0.3 is 18.9 Å². The van der Waals surface area contributed by atoms with Gasteiger partial charge in [-0.15, -0.1) is 0 Å². The summed E-state index contributed by atoms with van der Waals surface area (Å²) in [4.78, 5) is 19.1. The number of amides is 1. The maximum absolute atomic E-state index is 13.2. The van der Waals surface area contributed by atoms with Crippen LogP contribution >= 0.6 is 0 Å². The summed E-state index contributed by atoms with van der Waals surface area (Å²) < 4.78 is 39.0. The standard InChI is InChI=1S/C23H31N3O5S/c1-30-13-11-26-20(14-24-23(26)32(28,29)17-18-6-3-2-4-7-18)15-25(22(27)19-9-10-19)16-21-8-5-12-31-21/h2-4,6-7,14,19,21H,5,8-13,15-17H2,1H3/t21-/m1/s1. The summed E-state index contributed by atoms with van der Waals surface area (Å²) in [6.45, 7) is 2.26. The molecule has 8 nitrogen and oxygen atoms in total. The van der Waals surface area contributed by atoms with E-state index in [1.54, 1.807) is 30.0 Å². The molecule has 1 saturated heterocycles. The molecule has 1 aromatic heterocycles. The number of imidazole rings is 1. The molecular formula is C23H31N3O5S. The summed E-state index contributed by atoms with van der Waals surface area (Å²) in [5.41, 5.74) is 1.40. The number of hydrogen-bond acceptors (Lipinski definition) is 6. The van der Waals surface area contributed by atoms with E-state index in [1.165, 1.54) is 0 Å². The van der Waals surface area contributed by atoms with E-state index in [1.807, 2.05) is 23.1 Å². The Balaban J connectivity index is 1.59. The topological polar surface area (TPSA) is 90.7 Å². The Morgan fingerprint density at radius 2 is 2.03 bits per heavy atom. The smallest absolute Gasteiger partial charge is 0.228 e. The predicted octanol–water partition coefficient (Wildman–Crippen LogP) is 2.42. The van der Waals surface area contributed by atoms with Crippen LogP contribution in [0.25, 0.3) is 0 Å². The van der Waals surface area contributed by atoms with Gasteiger partial charge in [-0.3, -0.25) is 4.79 Å². The largest absolute Gasteiger partial charge is 0.383 e. The van der Waals surface area contributed by atoms with Crippen LogP contribution in [0.1, 0.15) is 36.9 Å². The van der Waals surface area contributed by atoms with Crippen molar-refractivity contribution < 1.29 is 22.7 Å². The Bertz CT molecular complexity index is 1010. The first-order chi connectivity index (χ1) is 15.5. The fraction of sp³-hybridized carbons (Fsp3) is 0.565. The molecule has 32 heavy (non-hydrogen) atoms. The Hall–Kier alpha value is -2.23. The fourth-order valence-electron chi connectivity index (χ4n) is 4.10. The number of rotatable bonds is 11. The van der Waals surface area contributed by atoms with E-state index in [4.69, 9.17) is 9.47 Å². The highest BCUT2D eigenvalue weighted by atomic mass is 32.2. The van der Waals surface area contributed by atoms with Crippen LogP contribution in [0.3, 0.4) is 0 Å². The first-order valence-corrected chi connectivity index (χ1v) is 12.8. The van der Waals surface area contributed by atoms with Gasteiger partial charge in [-0.25, -0.2) is 13.4 Å². The van der Waals surface area contributed by atoms with Crippen LogP contribution in [0.2, 0.25) is 0 Å². The minimum atomic E-state index is -3.67. The molecule has 1 aliphatic heterocycles. The Kier molecular flexibility index (Phi) is 7.27. The summed E-state index contributed by atoms with van der Waals surface area (Å²) in [6.07, 6.45) is 5.39. The zero-order valence-corrected chi connectivity index (χ0v) is 19.3. The lowest BCUT2D eigenvalue weighted by molar-refractivity contribution is -0.134. The Morgan fingerprint density at radius 1 is 1.25 bits per heavy atom. The molecule has 0 radical (unpaired) electrons. The van der Waals surface area contributed by atoms with E-state index in [0.29, 0.717) is 37.5 Å².